The maximum atomic E-state index is 12.6. The highest BCUT2D eigenvalue weighted by molar-refractivity contribution is 6.13. The molecule has 7 heteroatoms. The van der Waals surface area contributed by atoms with E-state index < -0.39 is 16.9 Å². The highest BCUT2D eigenvalue weighted by Crippen LogP contribution is 2.34. The minimum Gasteiger partial charge on any atom is -0.344 e. The second kappa shape index (κ2) is 5.62. The number of piperidine rings is 1. The predicted octanol–water partition coefficient (Wildman–Crippen LogP) is 0.604. The summed E-state index contributed by atoms with van der Waals surface area (Å²) >= 11 is 0. The Kier molecular flexibility index (Phi) is 4.26. The van der Waals surface area contributed by atoms with Gasteiger partial charge in [0.1, 0.15) is 11.5 Å². The molecule has 2 atom stereocenters. The van der Waals surface area contributed by atoms with Crippen LogP contribution in [0.15, 0.2) is 5.10 Å². The minimum absolute atomic E-state index is 0.0867. The van der Waals surface area contributed by atoms with Crippen LogP contribution >= 0.6 is 0 Å². The lowest BCUT2D eigenvalue weighted by molar-refractivity contribution is -0.142. The molecule has 0 spiro atoms. The molecule has 0 aromatic heterocycles. The molecule has 0 aromatic carbocycles. The van der Waals surface area contributed by atoms with Crippen molar-refractivity contribution < 1.29 is 14.4 Å². The van der Waals surface area contributed by atoms with Crippen molar-refractivity contribution in [2.24, 2.45) is 15.9 Å². The van der Waals surface area contributed by atoms with Crippen molar-refractivity contribution in [3.05, 3.63) is 0 Å². The molecule has 0 aromatic rings. The fraction of sp³-hybridized carbons (Fsp3) is 0.750. The van der Waals surface area contributed by atoms with E-state index in [1.165, 1.54) is 5.01 Å². The van der Waals surface area contributed by atoms with E-state index in [0.717, 1.165) is 5.71 Å². The largest absolute Gasteiger partial charge is 0.344 e. The molecule has 7 nitrogen and oxygen atoms in total. The number of amides is 3. The van der Waals surface area contributed by atoms with Crippen LogP contribution in [0.3, 0.4) is 0 Å². The molecular formula is C16H26N4O3. The van der Waals surface area contributed by atoms with Crippen molar-refractivity contribution >= 4 is 23.4 Å². The normalized spacial score (nSPS) is 25.8. The van der Waals surface area contributed by atoms with Gasteiger partial charge in [-0.25, -0.2) is 5.01 Å². The van der Waals surface area contributed by atoms with Gasteiger partial charge in [-0.15, -0.1) is 0 Å². The summed E-state index contributed by atoms with van der Waals surface area (Å²) in [4.78, 5) is 38.6. The third-order valence-corrected chi connectivity index (χ3v) is 4.51. The Balaban J connectivity index is 2.06. The molecule has 23 heavy (non-hydrogen) atoms. The van der Waals surface area contributed by atoms with Gasteiger partial charge in [-0.3, -0.25) is 14.4 Å². The Morgan fingerprint density at radius 3 is 2.52 bits per heavy atom. The summed E-state index contributed by atoms with van der Waals surface area (Å²) in [5.41, 5.74) is -0.455. The van der Waals surface area contributed by atoms with Gasteiger partial charge in [0.05, 0.1) is 5.71 Å². The standard InChI is InChI=1S/C16H26N4O3/c1-10(17-13(22)15(2,3)4)12(21)20-8-7-11-16(5,9-20)14(23)19(6)18-11/h10H,7-9H2,1-6H3,(H,17,22)/t10-,16-/m1/s1. The van der Waals surface area contributed by atoms with Crippen LogP contribution in [0, 0.1) is 10.8 Å². The number of likely N-dealkylation sites (tertiary alicyclic amines) is 1. The number of hydrogen-bond acceptors (Lipinski definition) is 4. The lowest BCUT2D eigenvalue weighted by Gasteiger charge is -2.38. The Morgan fingerprint density at radius 1 is 1.35 bits per heavy atom. The van der Waals surface area contributed by atoms with E-state index in [4.69, 9.17) is 0 Å². The summed E-state index contributed by atoms with van der Waals surface area (Å²) in [5, 5.41) is 8.38. The summed E-state index contributed by atoms with van der Waals surface area (Å²) in [7, 11) is 1.64. The number of nitrogens with one attached hydrogen (secondary N) is 1. The second-order valence-electron chi connectivity index (χ2n) is 7.66. The van der Waals surface area contributed by atoms with E-state index in [9.17, 15) is 14.4 Å². The Hall–Kier alpha value is -1.92. The summed E-state index contributed by atoms with van der Waals surface area (Å²) in [6.07, 6.45) is 0.582. The van der Waals surface area contributed by atoms with E-state index in [-0.39, 0.29) is 17.7 Å². The van der Waals surface area contributed by atoms with Crippen LogP contribution in [0.5, 0.6) is 0 Å². The van der Waals surface area contributed by atoms with Gasteiger partial charge in [0.2, 0.25) is 11.8 Å². The van der Waals surface area contributed by atoms with Crippen LogP contribution in [0.1, 0.15) is 41.0 Å². The summed E-state index contributed by atoms with van der Waals surface area (Å²) in [6, 6.07) is -0.613. The highest BCUT2D eigenvalue weighted by Gasteiger charge is 2.50. The number of nitrogens with zero attached hydrogens (tertiary/aromatic N) is 3. The maximum Gasteiger partial charge on any atom is 0.255 e. The molecule has 0 radical (unpaired) electrons. The van der Waals surface area contributed by atoms with Gasteiger partial charge >= 0.3 is 0 Å². The summed E-state index contributed by atoms with van der Waals surface area (Å²) in [5.74, 6) is -0.415. The van der Waals surface area contributed by atoms with E-state index in [1.54, 1.807) is 39.6 Å². The number of rotatable bonds is 2. The smallest absolute Gasteiger partial charge is 0.255 e. The SMILES string of the molecule is C[C@@H](NC(=O)C(C)(C)C)C(=O)N1CCC2=NN(C)C(=O)[C@]2(C)C1. The second-order valence-corrected chi connectivity index (χ2v) is 7.66. The van der Waals surface area contributed by atoms with E-state index in [0.29, 0.717) is 19.5 Å². The lowest BCUT2D eigenvalue weighted by Crippen LogP contribution is -2.57. The van der Waals surface area contributed by atoms with E-state index in [2.05, 4.69) is 10.4 Å². The first kappa shape index (κ1) is 17.4. The third kappa shape index (κ3) is 3.09. The fourth-order valence-electron chi connectivity index (χ4n) is 2.94. The Bertz CT molecular complexity index is 578. The van der Waals surface area contributed by atoms with Gasteiger partial charge in [0, 0.05) is 32.0 Å². The zero-order valence-electron chi connectivity index (χ0n) is 14.8. The summed E-state index contributed by atoms with van der Waals surface area (Å²) in [6.45, 7) is 9.75. The average molecular weight is 322 g/mol. The zero-order valence-corrected chi connectivity index (χ0v) is 14.8. The van der Waals surface area contributed by atoms with Crippen molar-refractivity contribution in [2.45, 2.75) is 47.1 Å². The minimum atomic E-state index is -0.740. The van der Waals surface area contributed by atoms with Crippen molar-refractivity contribution in [1.29, 1.82) is 0 Å². The summed E-state index contributed by atoms with van der Waals surface area (Å²) < 4.78 is 0. The van der Waals surface area contributed by atoms with Gasteiger partial charge in [0.25, 0.3) is 5.91 Å². The van der Waals surface area contributed by atoms with Crippen LogP contribution in [0.25, 0.3) is 0 Å². The Morgan fingerprint density at radius 2 is 1.96 bits per heavy atom. The van der Waals surface area contributed by atoms with Gasteiger partial charge < -0.3 is 10.2 Å². The molecule has 2 aliphatic rings. The molecule has 0 saturated carbocycles. The average Bonchev–Trinajstić information content (AvgIpc) is 2.67. The van der Waals surface area contributed by atoms with Crippen LogP contribution in [-0.2, 0) is 14.4 Å². The molecule has 1 N–H and O–H groups in total. The van der Waals surface area contributed by atoms with Crippen LogP contribution in [0.2, 0.25) is 0 Å². The van der Waals surface area contributed by atoms with Crippen molar-refractivity contribution in [3.8, 4) is 0 Å². The molecule has 1 fully saturated rings. The monoisotopic (exact) mass is 322 g/mol. The fourth-order valence-corrected chi connectivity index (χ4v) is 2.94. The first-order chi connectivity index (χ1) is 10.5. The topological polar surface area (TPSA) is 82.1 Å². The van der Waals surface area contributed by atoms with Crippen molar-refractivity contribution in [3.63, 3.8) is 0 Å². The molecule has 2 heterocycles. The molecule has 0 unspecified atom stereocenters. The van der Waals surface area contributed by atoms with Crippen molar-refractivity contribution in [1.82, 2.24) is 15.2 Å². The Labute approximate surface area is 137 Å². The first-order valence-electron chi connectivity index (χ1n) is 7.92. The molecular weight excluding hydrogens is 296 g/mol. The van der Waals surface area contributed by atoms with E-state index in [1.807, 2.05) is 6.92 Å². The lowest BCUT2D eigenvalue weighted by atomic mass is 9.79. The molecule has 2 aliphatic heterocycles. The predicted molar refractivity (Wildman–Crippen MR) is 86.6 cm³/mol. The quantitative estimate of drug-likeness (QED) is 0.808. The van der Waals surface area contributed by atoms with Crippen LogP contribution in [-0.4, -0.2) is 59.5 Å². The van der Waals surface area contributed by atoms with Crippen LogP contribution < -0.4 is 5.32 Å². The number of hydrazone groups is 1. The molecule has 3 amide bonds. The highest BCUT2D eigenvalue weighted by atomic mass is 16.2. The molecule has 128 valence electrons. The molecule has 0 aliphatic carbocycles. The number of carbonyl (C=O) groups is 3. The molecule has 2 rings (SSSR count). The molecule has 0 bridgehead atoms. The zero-order chi connectivity index (χ0) is 17.6. The number of hydrogen-bond donors (Lipinski definition) is 1. The first-order valence-corrected chi connectivity index (χ1v) is 7.92. The number of fused-ring (bicyclic) bond motifs is 1. The van der Waals surface area contributed by atoms with E-state index >= 15 is 0 Å². The third-order valence-electron chi connectivity index (χ3n) is 4.51. The van der Waals surface area contributed by atoms with Crippen LogP contribution in [0.4, 0.5) is 0 Å². The van der Waals surface area contributed by atoms with Gasteiger partial charge in [-0.1, -0.05) is 20.8 Å². The van der Waals surface area contributed by atoms with Gasteiger partial charge in [0.15, 0.2) is 0 Å². The number of carbonyl (C=O) groups excluding carboxylic acids is 3. The van der Waals surface area contributed by atoms with Crippen molar-refractivity contribution in [2.75, 3.05) is 20.1 Å². The van der Waals surface area contributed by atoms with Gasteiger partial charge in [-0.2, -0.15) is 5.10 Å². The van der Waals surface area contributed by atoms with Gasteiger partial charge in [-0.05, 0) is 13.8 Å². The maximum absolute atomic E-state index is 12.6. The molecule has 1 saturated heterocycles.